The average Bonchev–Trinajstić information content (AvgIpc) is 2.40. The van der Waals surface area contributed by atoms with E-state index >= 15 is 0 Å². The number of hydrogen-bond acceptors (Lipinski definition) is 2. The van der Waals surface area contributed by atoms with Gasteiger partial charge in [-0.1, -0.05) is 11.6 Å². The van der Waals surface area contributed by atoms with Crippen molar-refractivity contribution < 1.29 is 9.90 Å². The summed E-state index contributed by atoms with van der Waals surface area (Å²) in [7, 11) is 0. The largest absolute Gasteiger partial charge is 0.393 e. The van der Waals surface area contributed by atoms with Gasteiger partial charge in [0, 0.05) is 16.0 Å². The van der Waals surface area contributed by atoms with Crippen molar-refractivity contribution in [1.29, 1.82) is 0 Å². The lowest BCUT2D eigenvalue weighted by atomic mass is 9.87. The Morgan fingerprint density at radius 2 is 2.05 bits per heavy atom. The van der Waals surface area contributed by atoms with Crippen molar-refractivity contribution in [2.45, 2.75) is 31.8 Å². The molecule has 1 aliphatic carbocycles. The predicted octanol–water partition coefficient (Wildman–Crippen LogP) is 3.38. The second-order valence-electron chi connectivity index (χ2n) is 5.01. The SMILES string of the molecule is O=C(NCC1CCC(O)CC1)c1cc(Cl)ccc1Br. The second-order valence-corrected chi connectivity index (χ2v) is 6.30. The summed E-state index contributed by atoms with van der Waals surface area (Å²) in [5.74, 6) is 0.353. The maximum Gasteiger partial charge on any atom is 0.252 e. The maximum atomic E-state index is 12.1. The zero-order valence-electron chi connectivity index (χ0n) is 10.5. The Hall–Kier alpha value is -0.580. The molecule has 0 unspecified atom stereocenters. The molecule has 1 aliphatic rings. The highest BCUT2D eigenvalue weighted by molar-refractivity contribution is 9.10. The molecular weight excluding hydrogens is 330 g/mol. The maximum absolute atomic E-state index is 12.1. The Kier molecular flexibility index (Phi) is 5.25. The number of aliphatic hydroxyl groups excluding tert-OH is 1. The Labute approximate surface area is 126 Å². The minimum atomic E-state index is -0.158. The van der Waals surface area contributed by atoms with Gasteiger partial charge in [0.2, 0.25) is 0 Å². The topological polar surface area (TPSA) is 49.3 Å². The molecule has 0 atom stereocenters. The molecule has 0 spiro atoms. The molecule has 5 heteroatoms. The summed E-state index contributed by atoms with van der Waals surface area (Å²) in [6, 6.07) is 5.17. The van der Waals surface area contributed by atoms with Crippen LogP contribution in [-0.4, -0.2) is 23.7 Å². The summed E-state index contributed by atoms with van der Waals surface area (Å²) in [5.41, 5.74) is 0.559. The molecule has 0 saturated heterocycles. The summed E-state index contributed by atoms with van der Waals surface area (Å²) < 4.78 is 0.744. The summed E-state index contributed by atoms with van der Waals surface area (Å²) in [5, 5.41) is 12.9. The molecule has 0 radical (unpaired) electrons. The number of benzene rings is 1. The van der Waals surface area contributed by atoms with Crippen LogP contribution in [0.3, 0.4) is 0 Å². The fourth-order valence-electron chi connectivity index (χ4n) is 2.35. The number of carbonyl (C=O) groups is 1. The van der Waals surface area contributed by atoms with E-state index in [4.69, 9.17) is 11.6 Å². The van der Waals surface area contributed by atoms with E-state index in [1.54, 1.807) is 18.2 Å². The molecule has 1 aromatic carbocycles. The van der Waals surface area contributed by atoms with E-state index in [9.17, 15) is 9.90 Å². The highest BCUT2D eigenvalue weighted by Gasteiger charge is 2.20. The molecule has 3 nitrogen and oxygen atoms in total. The molecule has 1 saturated carbocycles. The van der Waals surface area contributed by atoms with Gasteiger partial charge in [0.05, 0.1) is 11.7 Å². The molecular formula is C14H17BrClNO2. The molecule has 1 fully saturated rings. The van der Waals surface area contributed by atoms with Gasteiger partial charge < -0.3 is 10.4 Å². The molecule has 104 valence electrons. The Balaban J connectivity index is 1.89. The first-order valence-electron chi connectivity index (χ1n) is 6.47. The molecule has 2 rings (SSSR count). The van der Waals surface area contributed by atoms with E-state index in [1.807, 2.05) is 0 Å². The van der Waals surface area contributed by atoms with Crippen molar-refractivity contribution in [3.05, 3.63) is 33.3 Å². The number of aliphatic hydroxyl groups is 1. The summed E-state index contributed by atoms with van der Waals surface area (Å²) in [6.07, 6.45) is 3.45. The normalized spacial score (nSPS) is 23.1. The first-order valence-corrected chi connectivity index (χ1v) is 7.64. The van der Waals surface area contributed by atoms with Crippen molar-refractivity contribution in [1.82, 2.24) is 5.32 Å². The minimum Gasteiger partial charge on any atom is -0.393 e. The lowest BCUT2D eigenvalue weighted by Gasteiger charge is -2.25. The molecule has 0 aliphatic heterocycles. The van der Waals surface area contributed by atoms with Gasteiger partial charge in [0.1, 0.15) is 0 Å². The Morgan fingerprint density at radius 3 is 2.74 bits per heavy atom. The van der Waals surface area contributed by atoms with Crippen LogP contribution in [0.2, 0.25) is 5.02 Å². The molecule has 0 heterocycles. The lowest BCUT2D eigenvalue weighted by Crippen LogP contribution is -2.32. The minimum absolute atomic E-state index is 0.111. The van der Waals surface area contributed by atoms with Crippen LogP contribution < -0.4 is 5.32 Å². The number of halogens is 2. The van der Waals surface area contributed by atoms with E-state index in [0.29, 0.717) is 23.0 Å². The van der Waals surface area contributed by atoms with E-state index in [1.165, 1.54) is 0 Å². The zero-order chi connectivity index (χ0) is 13.8. The van der Waals surface area contributed by atoms with Crippen LogP contribution in [0.1, 0.15) is 36.0 Å². The van der Waals surface area contributed by atoms with Gasteiger partial charge in [-0.2, -0.15) is 0 Å². The Morgan fingerprint density at radius 1 is 1.37 bits per heavy atom. The summed E-state index contributed by atoms with van der Waals surface area (Å²) in [6.45, 7) is 0.657. The van der Waals surface area contributed by atoms with Crippen molar-refractivity contribution in [3.63, 3.8) is 0 Å². The molecule has 2 N–H and O–H groups in total. The first-order chi connectivity index (χ1) is 9.06. The lowest BCUT2D eigenvalue weighted by molar-refractivity contribution is 0.0909. The summed E-state index contributed by atoms with van der Waals surface area (Å²) >= 11 is 9.25. The number of hydrogen-bond donors (Lipinski definition) is 2. The predicted molar refractivity (Wildman–Crippen MR) is 79.5 cm³/mol. The fraction of sp³-hybridized carbons (Fsp3) is 0.500. The Bertz CT molecular complexity index is 459. The third-order valence-corrected chi connectivity index (χ3v) is 4.47. The highest BCUT2D eigenvalue weighted by Crippen LogP contribution is 2.24. The van der Waals surface area contributed by atoms with Gasteiger partial charge in [-0.15, -0.1) is 0 Å². The van der Waals surface area contributed by atoms with Gasteiger partial charge in [0.15, 0.2) is 0 Å². The monoisotopic (exact) mass is 345 g/mol. The van der Waals surface area contributed by atoms with E-state index in [-0.39, 0.29) is 12.0 Å². The van der Waals surface area contributed by atoms with E-state index < -0.39 is 0 Å². The van der Waals surface area contributed by atoms with Crippen LogP contribution in [-0.2, 0) is 0 Å². The fourth-order valence-corrected chi connectivity index (χ4v) is 2.95. The van der Waals surface area contributed by atoms with Crippen molar-refractivity contribution in [2.24, 2.45) is 5.92 Å². The van der Waals surface area contributed by atoms with Crippen LogP contribution in [0.5, 0.6) is 0 Å². The van der Waals surface area contributed by atoms with E-state index in [2.05, 4.69) is 21.2 Å². The number of carbonyl (C=O) groups excluding carboxylic acids is 1. The van der Waals surface area contributed by atoms with Gasteiger partial charge in [0.25, 0.3) is 5.91 Å². The highest BCUT2D eigenvalue weighted by atomic mass is 79.9. The molecule has 1 aromatic rings. The van der Waals surface area contributed by atoms with Gasteiger partial charge in [-0.3, -0.25) is 4.79 Å². The van der Waals surface area contributed by atoms with Crippen molar-refractivity contribution >= 4 is 33.4 Å². The number of rotatable bonds is 3. The van der Waals surface area contributed by atoms with Crippen LogP contribution in [0.15, 0.2) is 22.7 Å². The average molecular weight is 347 g/mol. The second kappa shape index (κ2) is 6.73. The van der Waals surface area contributed by atoms with Crippen LogP contribution in [0.4, 0.5) is 0 Å². The van der Waals surface area contributed by atoms with Gasteiger partial charge in [-0.25, -0.2) is 0 Å². The molecule has 0 aromatic heterocycles. The third-order valence-electron chi connectivity index (χ3n) is 3.54. The standard InChI is InChI=1S/C14H17BrClNO2/c15-13-6-3-10(16)7-12(13)14(19)17-8-9-1-4-11(18)5-2-9/h3,6-7,9,11,18H,1-2,4-5,8H2,(H,17,19). The van der Waals surface area contributed by atoms with Crippen LogP contribution in [0.25, 0.3) is 0 Å². The number of nitrogens with one attached hydrogen (secondary N) is 1. The van der Waals surface area contributed by atoms with Crippen molar-refractivity contribution in [3.8, 4) is 0 Å². The van der Waals surface area contributed by atoms with Crippen LogP contribution in [0, 0.1) is 5.92 Å². The third kappa shape index (κ3) is 4.20. The van der Waals surface area contributed by atoms with Gasteiger partial charge in [-0.05, 0) is 65.7 Å². The number of amides is 1. The molecule has 19 heavy (non-hydrogen) atoms. The van der Waals surface area contributed by atoms with E-state index in [0.717, 1.165) is 30.2 Å². The first kappa shape index (κ1) is 14.8. The quantitative estimate of drug-likeness (QED) is 0.881. The summed E-state index contributed by atoms with van der Waals surface area (Å²) in [4.78, 5) is 12.1. The zero-order valence-corrected chi connectivity index (χ0v) is 12.9. The molecule has 0 bridgehead atoms. The smallest absolute Gasteiger partial charge is 0.252 e. The molecule has 1 amide bonds. The van der Waals surface area contributed by atoms with Crippen molar-refractivity contribution in [2.75, 3.05) is 6.54 Å². The van der Waals surface area contributed by atoms with Crippen LogP contribution >= 0.6 is 27.5 Å². The van der Waals surface area contributed by atoms with Gasteiger partial charge >= 0.3 is 0 Å².